The lowest BCUT2D eigenvalue weighted by Crippen LogP contribution is -2.33. The van der Waals surface area contributed by atoms with E-state index in [0.29, 0.717) is 5.75 Å². The van der Waals surface area contributed by atoms with Gasteiger partial charge < -0.3 is 11.1 Å². The van der Waals surface area contributed by atoms with Crippen molar-refractivity contribution in [2.24, 2.45) is 5.73 Å². The Balaban J connectivity index is 0.00000288. The molecule has 0 aliphatic rings. The average molecular weight is 367 g/mol. The van der Waals surface area contributed by atoms with Crippen molar-refractivity contribution in [2.75, 3.05) is 12.0 Å². The number of amides is 1. The summed E-state index contributed by atoms with van der Waals surface area (Å²) in [6.45, 7) is 0. The fourth-order valence-corrected chi connectivity index (χ4v) is 3.16. The van der Waals surface area contributed by atoms with Crippen LogP contribution in [-0.4, -0.2) is 22.1 Å². The van der Waals surface area contributed by atoms with Gasteiger partial charge in [0.15, 0.2) is 0 Å². The Morgan fingerprint density at radius 1 is 1.04 bits per heavy atom. The van der Waals surface area contributed by atoms with E-state index >= 15 is 0 Å². The molecule has 3 N–H and O–H groups in total. The number of hydrogen-bond donors (Lipinski definition) is 2. The molecule has 0 radical (unpaired) electrons. The third-order valence-corrected chi connectivity index (χ3v) is 4.37. The molecule has 0 aromatic heterocycles. The Morgan fingerprint density at radius 3 is 2.04 bits per heavy atom. The minimum atomic E-state index is -1.01. The number of carbonyl (C=O) groups is 1. The zero-order chi connectivity index (χ0) is 16.7. The van der Waals surface area contributed by atoms with Crippen molar-refractivity contribution < 1.29 is 9.00 Å². The van der Waals surface area contributed by atoms with E-state index in [9.17, 15) is 9.00 Å². The SMILES string of the molecule is CS(=O)CC(NC(=O)CC(N)c1ccccc1)c1ccccc1.Cl. The molecule has 0 heterocycles. The molecule has 24 heavy (non-hydrogen) atoms. The van der Waals surface area contributed by atoms with Crippen LogP contribution >= 0.6 is 12.4 Å². The molecule has 2 aromatic rings. The van der Waals surface area contributed by atoms with E-state index in [4.69, 9.17) is 5.73 Å². The summed E-state index contributed by atoms with van der Waals surface area (Å²) in [5.41, 5.74) is 7.97. The van der Waals surface area contributed by atoms with E-state index in [-0.39, 0.29) is 36.8 Å². The molecular weight excluding hydrogens is 344 g/mol. The Kier molecular flexibility index (Phi) is 8.68. The van der Waals surface area contributed by atoms with Gasteiger partial charge in [0.05, 0.1) is 6.04 Å². The number of nitrogens with two attached hydrogens (primary N) is 1. The number of rotatable bonds is 7. The van der Waals surface area contributed by atoms with Gasteiger partial charge in [-0.25, -0.2) is 0 Å². The van der Waals surface area contributed by atoms with Gasteiger partial charge in [-0.2, -0.15) is 0 Å². The van der Waals surface area contributed by atoms with Gasteiger partial charge >= 0.3 is 0 Å². The van der Waals surface area contributed by atoms with E-state index < -0.39 is 10.8 Å². The van der Waals surface area contributed by atoms with Crippen LogP contribution in [0.25, 0.3) is 0 Å². The van der Waals surface area contributed by atoms with Crippen LogP contribution in [0.15, 0.2) is 60.7 Å². The molecule has 0 saturated carbocycles. The molecule has 4 nitrogen and oxygen atoms in total. The second-order valence-corrected chi connectivity index (χ2v) is 6.97. The normalized spacial score (nSPS) is 14.1. The van der Waals surface area contributed by atoms with Gasteiger partial charge in [0.2, 0.25) is 5.91 Å². The highest BCUT2D eigenvalue weighted by molar-refractivity contribution is 7.84. The largest absolute Gasteiger partial charge is 0.348 e. The van der Waals surface area contributed by atoms with Gasteiger partial charge in [0.1, 0.15) is 0 Å². The molecule has 0 fully saturated rings. The lowest BCUT2D eigenvalue weighted by Gasteiger charge is -2.20. The molecule has 0 saturated heterocycles. The van der Waals surface area contributed by atoms with Crippen LogP contribution in [-0.2, 0) is 15.6 Å². The van der Waals surface area contributed by atoms with Crippen LogP contribution in [0.1, 0.15) is 29.6 Å². The molecule has 1 amide bonds. The first-order valence-corrected chi connectivity index (χ1v) is 9.24. The highest BCUT2D eigenvalue weighted by Crippen LogP contribution is 2.17. The number of nitrogens with one attached hydrogen (secondary N) is 1. The molecule has 3 unspecified atom stereocenters. The summed E-state index contributed by atoms with van der Waals surface area (Å²) < 4.78 is 11.6. The fraction of sp³-hybridized carbons (Fsp3) is 0.278. The summed E-state index contributed by atoms with van der Waals surface area (Å²) in [5.74, 6) is 0.247. The lowest BCUT2D eigenvalue weighted by atomic mass is 10.0. The zero-order valence-electron chi connectivity index (χ0n) is 13.6. The molecule has 6 heteroatoms. The fourth-order valence-electron chi connectivity index (χ4n) is 2.41. The monoisotopic (exact) mass is 366 g/mol. The minimum absolute atomic E-state index is 0. The molecule has 2 rings (SSSR count). The van der Waals surface area contributed by atoms with Crippen LogP contribution in [0.4, 0.5) is 0 Å². The van der Waals surface area contributed by atoms with E-state index in [0.717, 1.165) is 11.1 Å². The smallest absolute Gasteiger partial charge is 0.222 e. The number of carbonyl (C=O) groups excluding carboxylic acids is 1. The average Bonchev–Trinajstić information content (AvgIpc) is 2.55. The third kappa shape index (κ3) is 6.43. The molecule has 2 aromatic carbocycles. The third-order valence-electron chi connectivity index (χ3n) is 3.57. The first-order chi connectivity index (χ1) is 11.1. The van der Waals surface area contributed by atoms with Crippen molar-refractivity contribution in [2.45, 2.75) is 18.5 Å². The van der Waals surface area contributed by atoms with Gasteiger partial charge in [-0.3, -0.25) is 9.00 Å². The molecule has 0 spiro atoms. The van der Waals surface area contributed by atoms with Gasteiger partial charge in [0, 0.05) is 35.3 Å². The van der Waals surface area contributed by atoms with Crippen LogP contribution in [0, 0.1) is 0 Å². The molecular formula is C18H23ClN2O2S. The summed E-state index contributed by atoms with van der Waals surface area (Å²) in [7, 11) is -1.01. The highest BCUT2D eigenvalue weighted by Gasteiger charge is 2.18. The van der Waals surface area contributed by atoms with Crippen molar-refractivity contribution in [1.82, 2.24) is 5.32 Å². The summed E-state index contributed by atoms with van der Waals surface area (Å²) in [4.78, 5) is 12.3. The second-order valence-electron chi connectivity index (χ2n) is 5.49. The molecule has 0 aliphatic carbocycles. The van der Waals surface area contributed by atoms with Gasteiger partial charge in [-0.15, -0.1) is 12.4 Å². The summed E-state index contributed by atoms with van der Waals surface area (Å²) >= 11 is 0. The number of benzene rings is 2. The van der Waals surface area contributed by atoms with E-state index in [2.05, 4.69) is 5.32 Å². The molecule has 3 atom stereocenters. The van der Waals surface area contributed by atoms with Crippen molar-refractivity contribution in [1.29, 1.82) is 0 Å². The Morgan fingerprint density at radius 2 is 1.54 bits per heavy atom. The lowest BCUT2D eigenvalue weighted by molar-refractivity contribution is -0.122. The Labute approximate surface area is 151 Å². The predicted octanol–water partition coefficient (Wildman–Crippen LogP) is 2.73. The van der Waals surface area contributed by atoms with E-state index in [1.165, 1.54) is 0 Å². The summed E-state index contributed by atoms with van der Waals surface area (Å²) in [6.07, 6.45) is 1.83. The van der Waals surface area contributed by atoms with Crippen molar-refractivity contribution in [3.05, 3.63) is 71.8 Å². The maximum absolute atomic E-state index is 12.3. The molecule has 130 valence electrons. The van der Waals surface area contributed by atoms with Crippen LogP contribution < -0.4 is 11.1 Å². The molecule has 0 aliphatic heterocycles. The van der Waals surface area contributed by atoms with Crippen molar-refractivity contribution >= 4 is 29.1 Å². The topological polar surface area (TPSA) is 72.2 Å². The van der Waals surface area contributed by atoms with Gasteiger partial charge in [-0.05, 0) is 11.1 Å². The summed E-state index contributed by atoms with van der Waals surface area (Å²) in [5, 5.41) is 2.95. The Hall–Kier alpha value is -1.69. The maximum atomic E-state index is 12.3. The standard InChI is InChI=1S/C18H22N2O2S.ClH/c1-23(22)13-17(15-10-6-3-7-11-15)20-18(21)12-16(19)14-8-4-2-5-9-14;/h2-11,16-17H,12-13,19H2,1H3,(H,20,21);1H. The van der Waals surface area contributed by atoms with Crippen molar-refractivity contribution in [3.8, 4) is 0 Å². The second kappa shape index (κ2) is 10.2. The molecule has 0 bridgehead atoms. The van der Waals surface area contributed by atoms with E-state index in [1.54, 1.807) is 6.26 Å². The predicted molar refractivity (Wildman–Crippen MR) is 101 cm³/mol. The van der Waals surface area contributed by atoms with Crippen LogP contribution in [0.2, 0.25) is 0 Å². The minimum Gasteiger partial charge on any atom is -0.348 e. The van der Waals surface area contributed by atoms with Crippen LogP contribution in [0.3, 0.4) is 0 Å². The summed E-state index contributed by atoms with van der Waals surface area (Å²) in [6, 6.07) is 18.5. The number of hydrogen-bond acceptors (Lipinski definition) is 3. The quantitative estimate of drug-likeness (QED) is 0.791. The van der Waals surface area contributed by atoms with Crippen molar-refractivity contribution in [3.63, 3.8) is 0 Å². The van der Waals surface area contributed by atoms with Gasteiger partial charge in [0.25, 0.3) is 0 Å². The zero-order valence-corrected chi connectivity index (χ0v) is 15.2. The van der Waals surface area contributed by atoms with Crippen LogP contribution in [0.5, 0.6) is 0 Å². The van der Waals surface area contributed by atoms with E-state index in [1.807, 2.05) is 60.7 Å². The highest BCUT2D eigenvalue weighted by atomic mass is 35.5. The Bertz CT molecular complexity index is 653. The maximum Gasteiger partial charge on any atom is 0.222 e. The number of halogens is 1. The van der Waals surface area contributed by atoms with Gasteiger partial charge in [-0.1, -0.05) is 60.7 Å². The first-order valence-electron chi connectivity index (χ1n) is 7.51. The first kappa shape index (κ1) is 20.4.